The lowest BCUT2D eigenvalue weighted by Gasteiger charge is -2.08. The van der Waals surface area contributed by atoms with Crippen LogP contribution in [0.4, 0.5) is 4.39 Å². The SMILES string of the molecule is CC(=O)C(Sc1ncnc2c1nnn2-c1ccc(F)cc1)C(C)=O. The second kappa shape index (κ2) is 6.44. The van der Waals surface area contributed by atoms with Gasteiger partial charge in [-0.15, -0.1) is 5.10 Å². The molecule has 1 aromatic carbocycles. The highest BCUT2D eigenvalue weighted by Crippen LogP contribution is 2.28. The highest BCUT2D eigenvalue weighted by molar-refractivity contribution is 8.01. The van der Waals surface area contributed by atoms with Gasteiger partial charge in [-0.25, -0.2) is 14.4 Å². The Kier molecular flexibility index (Phi) is 4.34. The molecule has 0 atom stereocenters. The van der Waals surface area contributed by atoms with Crippen LogP contribution in [0, 0.1) is 5.82 Å². The van der Waals surface area contributed by atoms with Crippen LogP contribution in [-0.2, 0) is 9.59 Å². The molecule has 0 fully saturated rings. The summed E-state index contributed by atoms with van der Waals surface area (Å²) in [5, 5.41) is 7.60. The number of thioether (sulfide) groups is 1. The van der Waals surface area contributed by atoms with Crippen LogP contribution in [0.1, 0.15) is 13.8 Å². The Bertz CT molecular complexity index is 911. The Morgan fingerprint density at radius 1 is 1.12 bits per heavy atom. The second-order valence-electron chi connectivity index (χ2n) is 5.05. The van der Waals surface area contributed by atoms with Gasteiger partial charge >= 0.3 is 0 Å². The maximum Gasteiger partial charge on any atom is 0.187 e. The summed E-state index contributed by atoms with van der Waals surface area (Å²) in [6.45, 7) is 2.71. The van der Waals surface area contributed by atoms with E-state index in [-0.39, 0.29) is 17.4 Å². The second-order valence-corrected chi connectivity index (χ2v) is 6.14. The van der Waals surface area contributed by atoms with Gasteiger partial charge in [0.15, 0.2) is 22.7 Å². The molecule has 0 N–H and O–H groups in total. The van der Waals surface area contributed by atoms with E-state index in [0.717, 1.165) is 11.8 Å². The van der Waals surface area contributed by atoms with Crippen molar-refractivity contribution >= 4 is 34.5 Å². The molecule has 0 bridgehead atoms. The number of carbonyl (C=O) groups is 2. The molecule has 0 spiro atoms. The molecule has 0 aliphatic carbocycles. The summed E-state index contributed by atoms with van der Waals surface area (Å²) in [6.07, 6.45) is 1.31. The molecule has 24 heavy (non-hydrogen) atoms. The minimum atomic E-state index is -0.848. The first-order valence-electron chi connectivity index (χ1n) is 6.97. The van der Waals surface area contributed by atoms with Crippen molar-refractivity contribution in [2.24, 2.45) is 0 Å². The van der Waals surface area contributed by atoms with E-state index in [0.29, 0.717) is 21.9 Å². The molecular formula is C15H12FN5O2S. The van der Waals surface area contributed by atoms with Crippen molar-refractivity contribution in [1.29, 1.82) is 0 Å². The first-order chi connectivity index (χ1) is 11.5. The Balaban J connectivity index is 2.05. The highest BCUT2D eigenvalue weighted by atomic mass is 32.2. The zero-order valence-electron chi connectivity index (χ0n) is 12.8. The third-order valence-electron chi connectivity index (χ3n) is 3.24. The number of carbonyl (C=O) groups excluding carboxylic acids is 2. The molecule has 0 radical (unpaired) electrons. The Morgan fingerprint density at radius 3 is 2.42 bits per heavy atom. The summed E-state index contributed by atoms with van der Waals surface area (Å²) < 4.78 is 14.5. The third-order valence-corrected chi connectivity index (χ3v) is 4.66. The van der Waals surface area contributed by atoms with E-state index < -0.39 is 5.25 Å². The van der Waals surface area contributed by atoms with Gasteiger partial charge in [-0.1, -0.05) is 17.0 Å². The summed E-state index contributed by atoms with van der Waals surface area (Å²) in [4.78, 5) is 31.5. The van der Waals surface area contributed by atoms with Crippen LogP contribution < -0.4 is 0 Å². The van der Waals surface area contributed by atoms with Crippen LogP contribution >= 0.6 is 11.8 Å². The number of hydrogen-bond donors (Lipinski definition) is 0. The van der Waals surface area contributed by atoms with Crippen molar-refractivity contribution < 1.29 is 14.0 Å². The van der Waals surface area contributed by atoms with Crippen LogP contribution in [0.25, 0.3) is 16.9 Å². The number of hydrogen-bond acceptors (Lipinski definition) is 7. The van der Waals surface area contributed by atoms with Crippen molar-refractivity contribution in [3.63, 3.8) is 0 Å². The van der Waals surface area contributed by atoms with E-state index in [9.17, 15) is 14.0 Å². The number of Topliss-reactive ketones (excluding diaryl/α,β-unsaturated/α-hetero) is 2. The lowest BCUT2D eigenvalue weighted by molar-refractivity contribution is -0.123. The average Bonchev–Trinajstić information content (AvgIpc) is 2.97. The van der Waals surface area contributed by atoms with Gasteiger partial charge in [0.1, 0.15) is 22.4 Å². The third kappa shape index (κ3) is 3.02. The van der Waals surface area contributed by atoms with Gasteiger partial charge < -0.3 is 0 Å². The van der Waals surface area contributed by atoms with Crippen molar-refractivity contribution in [3.8, 4) is 5.69 Å². The number of rotatable bonds is 5. The van der Waals surface area contributed by atoms with Crippen LogP contribution in [0.3, 0.4) is 0 Å². The Labute approximate surface area is 140 Å². The number of nitrogens with zero attached hydrogens (tertiary/aromatic N) is 5. The molecule has 3 aromatic rings. The highest BCUT2D eigenvalue weighted by Gasteiger charge is 2.24. The fraction of sp³-hybridized carbons (Fsp3) is 0.200. The van der Waals surface area contributed by atoms with Crippen molar-refractivity contribution in [1.82, 2.24) is 25.0 Å². The van der Waals surface area contributed by atoms with Gasteiger partial charge in [-0.05, 0) is 38.1 Å². The van der Waals surface area contributed by atoms with E-state index >= 15 is 0 Å². The molecule has 2 aromatic heterocycles. The van der Waals surface area contributed by atoms with Gasteiger partial charge in [0.25, 0.3) is 0 Å². The smallest absolute Gasteiger partial charge is 0.187 e. The molecule has 0 amide bonds. The topological polar surface area (TPSA) is 90.6 Å². The summed E-state index contributed by atoms with van der Waals surface area (Å²) in [5.74, 6) is -0.879. The molecular weight excluding hydrogens is 333 g/mol. The number of aromatic nitrogens is 5. The number of ketones is 2. The van der Waals surface area contributed by atoms with Crippen LogP contribution in [0.5, 0.6) is 0 Å². The molecule has 7 nitrogen and oxygen atoms in total. The van der Waals surface area contributed by atoms with E-state index in [1.165, 1.54) is 37.0 Å². The van der Waals surface area contributed by atoms with E-state index in [1.54, 1.807) is 12.1 Å². The van der Waals surface area contributed by atoms with Crippen molar-refractivity contribution in [2.75, 3.05) is 0 Å². The van der Waals surface area contributed by atoms with Gasteiger partial charge in [0.05, 0.1) is 5.69 Å². The molecule has 2 heterocycles. The number of fused-ring (bicyclic) bond motifs is 1. The fourth-order valence-electron chi connectivity index (χ4n) is 2.13. The van der Waals surface area contributed by atoms with Gasteiger partial charge in [-0.2, -0.15) is 4.68 Å². The monoisotopic (exact) mass is 345 g/mol. The Hall–Kier alpha value is -2.68. The standard InChI is InChI=1S/C15H12FN5O2S/c1-8(22)13(9(2)23)24-15-12-14(17-7-18-15)21(20-19-12)11-5-3-10(16)4-6-11/h3-7,13H,1-2H3. The Morgan fingerprint density at radius 2 is 1.79 bits per heavy atom. The quantitative estimate of drug-likeness (QED) is 0.397. The first kappa shape index (κ1) is 16.2. The molecule has 0 saturated heterocycles. The van der Waals surface area contributed by atoms with Crippen LogP contribution in [0.2, 0.25) is 0 Å². The van der Waals surface area contributed by atoms with Gasteiger partial charge in [0, 0.05) is 0 Å². The fourth-order valence-corrected chi connectivity index (χ4v) is 3.04. The molecule has 3 rings (SSSR count). The van der Waals surface area contributed by atoms with E-state index in [2.05, 4.69) is 20.3 Å². The predicted molar refractivity (Wildman–Crippen MR) is 85.4 cm³/mol. The van der Waals surface area contributed by atoms with Crippen molar-refractivity contribution in [3.05, 3.63) is 36.4 Å². The summed E-state index contributed by atoms with van der Waals surface area (Å²) in [7, 11) is 0. The maximum atomic E-state index is 13.1. The van der Waals surface area contributed by atoms with E-state index in [1.807, 2.05) is 0 Å². The molecule has 122 valence electrons. The molecule has 0 aliphatic rings. The largest absolute Gasteiger partial charge is 0.298 e. The average molecular weight is 345 g/mol. The van der Waals surface area contributed by atoms with Gasteiger partial charge in [0.2, 0.25) is 0 Å². The minimum Gasteiger partial charge on any atom is -0.298 e. The summed E-state index contributed by atoms with van der Waals surface area (Å²) >= 11 is 1.02. The molecule has 0 aliphatic heterocycles. The van der Waals surface area contributed by atoms with Gasteiger partial charge in [-0.3, -0.25) is 9.59 Å². The van der Waals surface area contributed by atoms with Crippen LogP contribution in [-0.4, -0.2) is 41.8 Å². The lowest BCUT2D eigenvalue weighted by atomic mass is 10.2. The van der Waals surface area contributed by atoms with Crippen molar-refractivity contribution in [2.45, 2.75) is 24.1 Å². The maximum absolute atomic E-state index is 13.1. The number of halogens is 1. The minimum absolute atomic E-state index is 0.259. The molecule has 9 heteroatoms. The predicted octanol–water partition coefficient (Wildman–Crippen LogP) is 1.99. The molecule has 0 unspecified atom stereocenters. The lowest BCUT2D eigenvalue weighted by Crippen LogP contribution is -2.22. The normalized spacial score (nSPS) is 11.2. The summed E-state index contributed by atoms with van der Waals surface area (Å²) in [6, 6.07) is 5.71. The zero-order chi connectivity index (χ0) is 17.3. The number of benzene rings is 1. The van der Waals surface area contributed by atoms with Crippen LogP contribution in [0.15, 0.2) is 35.6 Å². The zero-order valence-corrected chi connectivity index (χ0v) is 13.6. The first-order valence-corrected chi connectivity index (χ1v) is 7.85. The summed E-state index contributed by atoms with van der Waals surface area (Å²) in [5.41, 5.74) is 1.37. The van der Waals surface area contributed by atoms with E-state index in [4.69, 9.17) is 0 Å². The molecule has 0 saturated carbocycles.